The molecule has 0 spiro atoms. The molecule has 68 valence electrons. The van der Waals surface area contributed by atoms with Crippen LogP contribution in [0.4, 0.5) is 5.69 Å². The van der Waals surface area contributed by atoms with Crippen LogP contribution in [0.3, 0.4) is 0 Å². The zero-order valence-corrected chi connectivity index (χ0v) is 9.08. The number of para-hydroxylation sites is 1. The van der Waals surface area contributed by atoms with E-state index in [1.165, 1.54) is 0 Å². The standard InChI is InChI=1S/C9H10IN3/c10-8(6-9(11)12)13-7-4-2-1-3-5-7/h1-6,13H,(H3,11,12)/b8-6-. The Balaban J connectivity index is 2.65. The van der Waals surface area contributed by atoms with E-state index in [0.29, 0.717) is 0 Å². The predicted molar refractivity (Wildman–Crippen MR) is 64.1 cm³/mol. The molecular formula is C9H10IN3. The Morgan fingerprint density at radius 3 is 2.54 bits per heavy atom. The van der Waals surface area contributed by atoms with Gasteiger partial charge in [0.05, 0.1) is 3.70 Å². The fraction of sp³-hybridized carbons (Fsp3) is 0. The highest BCUT2D eigenvalue weighted by Gasteiger charge is 1.92. The van der Waals surface area contributed by atoms with Gasteiger partial charge >= 0.3 is 0 Å². The lowest BCUT2D eigenvalue weighted by Gasteiger charge is -2.03. The molecule has 4 N–H and O–H groups in total. The zero-order valence-electron chi connectivity index (χ0n) is 6.92. The monoisotopic (exact) mass is 287 g/mol. The largest absolute Gasteiger partial charge is 0.384 e. The highest BCUT2D eigenvalue weighted by atomic mass is 127. The third kappa shape index (κ3) is 3.93. The fourth-order valence-electron chi connectivity index (χ4n) is 0.832. The van der Waals surface area contributed by atoms with Crippen molar-refractivity contribution in [1.82, 2.24) is 0 Å². The Kier molecular flexibility index (Phi) is 3.75. The molecule has 0 aliphatic carbocycles. The van der Waals surface area contributed by atoms with Crippen molar-refractivity contribution in [1.29, 1.82) is 5.41 Å². The van der Waals surface area contributed by atoms with E-state index in [4.69, 9.17) is 11.1 Å². The van der Waals surface area contributed by atoms with Gasteiger partial charge < -0.3 is 11.1 Å². The van der Waals surface area contributed by atoms with Crippen LogP contribution in [0, 0.1) is 5.41 Å². The lowest BCUT2D eigenvalue weighted by Crippen LogP contribution is -2.07. The topological polar surface area (TPSA) is 61.9 Å². The molecule has 13 heavy (non-hydrogen) atoms. The molecule has 0 unspecified atom stereocenters. The smallest absolute Gasteiger partial charge is 0.117 e. The van der Waals surface area contributed by atoms with Crippen molar-refractivity contribution in [3.8, 4) is 0 Å². The van der Waals surface area contributed by atoms with Crippen molar-refractivity contribution in [2.75, 3.05) is 5.32 Å². The molecule has 0 radical (unpaired) electrons. The van der Waals surface area contributed by atoms with Crippen LogP contribution in [-0.2, 0) is 0 Å². The molecule has 0 saturated carbocycles. The van der Waals surface area contributed by atoms with Gasteiger partial charge in [0.1, 0.15) is 5.84 Å². The molecule has 0 heterocycles. The summed E-state index contributed by atoms with van der Waals surface area (Å²) in [6.45, 7) is 0. The molecule has 4 heteroatoms. The second kappa shape index (κ2) is 4.86. The van der Waals surface area contributed by atoms with Crippen molar-refractivity contribution in [2.24, 2.45) is 5.73 Å². The maximum atomic E-state index is 7.05. The number of hydrogen-bond acceptors (Lipinski definition) is 2. The van der Waals surface area contributed by atoms with Crippen LogP contribution in [0.25, 0.3) is 0 Å². The molecule has 0 atom stereocenters. The van der Waals surface area contributed by atoms with E-state index in [1.54, 1.807) is 6.08 Å². The van der Waals surface area contributed by atoms with Crippen LogP contribution in [-0.4, -0.2) is 5.84 Å². The average molecular weight is 287 g/mol. The van der Waals surface area contributed by atoms with Crippen molar-refractivity contribution < 1.29 is 0 Å². The van der Waals surface area contributed by atoms with Gasteiger partial charge in [-0.2, -0.15) is 0 Å². The molecule has 1 aromatic carbocycles. The van der Waals surface area contributed by atoms with Gasteiger partial charge in [0.2, 0.25) is 0 Å². The van der Waals surface area contributed by atoms with Crippen molar-refractivity contribution in [3.05, 3.63) is 40.1 Å². The van der Waals surface area contributed by atoms with Crippen LogP contribution in [0.2, 0.25) is 0 Å². The van der Waals surface area contributed by atoms with E-state index in [1.807, 2.05) is 30.3 Å². The minimum Gasteiger partial charge on any atom is -0.384 e. The highest BCUT2D eigenvalue weighted by Crippen LogP contribution is 2.12. The summed E-state index contributed by atoms with van der Waals surface area (Å²) < 4.78 is 0.830. The van der Waals surface area contributed by atoms with E-state index in [9.17, 15) is 0 Å². The lowest BCUT2D eigenvalue weighted by molar-refractivity contribution is 1.46. The Morgan fingerprint density at radius 2 is 2.00 bits per heavy atom. The molecular weight excluding hydrogens is 277 g/mol. The van der Waals surface area contributed by atoms with Gasteiger partial charge in [-0.3, -0.25) is 5.41 Å². The molecule has 0 amide bonds. The predicted octanol–water partition coefficient (Wildman–Crippen LogP) is 2.31. The molecule has 0 aliphatic heterocycles. The van der Waals surface area contributed by atoms with Crippen molar-refractivity contribution in [2.45, 2.75) is 0 Å². The Bertz CT molecular complexity index is 319. The molecule has 0 bridgehead atoms. The Labute approximate surface area is 90.7 Å². The van der Waals surface area contributed by atoms with E-state index in [-0.39, 0.29) is 5.84 Å². The van der Waals surface area contributed by atoms with Crippen LogP contribution < -0.4 is 11.1 Å². The summed E-state index contributed by atoms with van der Waals surface area (Å²) >= 11 is 2.09. The SMILES string of the molecule is N=C(N)/C=C(/I)Nc1ccccc1. The van der Waals surface area contributed by atoms with Gasteiger partial charge in [0.15, 0.2) is 0 Å². The van der Waals surface area contributed by atoms with Crippen LogP contribution >= 0.6 is 22.6 Å². The lowest BCUT2D eigenvalue weighted by atomic mass is 10.3. The quantitative estimate of drug-likeness (QED) is 0.346. The maximum Gasteiger partial charge on any atom is 0.117 e. The Hall–Kier alpha value is -1.04. The average Bonchev–Trinajstić information content (AvgIpc) is 2.04. The fourth-order valence-corrected chi connectivity index (χ4v) is 1.48. The third-order valence-electron chi connectivity index (χ3n) is 1.32. The van der Waals surface area contributed by atoms with Crippen molar-refractivity contribution in [3.63, 3.8) is 0 Å². The molecule has 1 aromatic rings. The van der Waals surface area contributed by atoms with Crippen LogP contribution in [0.15, 0.2) is 40.1 Å². The van der Waals surface area contributed by atoms with E-state index < -0.39 is 0 Å². The maximum absolute atomic E-state index is 7.05. The summed E-state index contributed by atoms with van der Waals surface area (Å²) in [7, 11) is 0. The first kappa shape index (κ1) is 10.0. The van der Waals surface area contributed by atoms with Crippen LogP contribution in [0.5, 0.6) is 0 Å². The summed E-state index contributed by atoms with van der Waals surface area (Å²) in [5, 5.41) is 10.1. The molecule has 3 nitrogen and oxygen atoms in total. The van der Waals surface area contributed by atoms with Crippen molar-refractivity contribution >= 4 is 34.1 Å². The first-order valence-electron chi connectivity index (χ1n) is 3.72. The zero-order chi connectivity index (χ0) is 9.68. The normalized spacial score (nSPS) is 11.0. The summed E-state index contributed by atoms with van der Waals surface area (Å²) in [5.41, 5.74) is 6.20. The molecule has 0 fully saturated rings. The second-order valence-corrected chi connectivity index (χ2v) is 3.60. The number of nitrogens with one attached hydrogen (secondary N) is 2. The molecule has 1 rings (SSSR count). The van der Waals surface area contributed by atoms with Gasteiger partial charge in [-0.05, 0) is 34.7 Å². The van der Waals surface area contributed by atoms with E-state index >= 15 is 0 Å². The summed E-state index contributed by atoms with van der Waals surface area (Å²) in [6.07, 6.45) is 1.56. The molecule has 0 saturated heterocycles. The van der Waals surface area contributed by atoms with E-state index in [0.717, 1.165) is 9.39 Å². The Morgan fingerprint density at radius 1 is 1.38 bits per heavy atom. The summed E-state index contributed by atoms with van der Waals surface area (Å²) in [6, 6.07) is 9.74. The minimum absolute atomic E-state index is 0.0489. The minimum atomic E-state index is 0.0489. The summed E-state index contributed by atoms with van der Waals surface area (Å²) in [4.78, 5) is 0. The van der Waals surface area contributed by atoms with Crippen LogP contribution in [0.1, 0.15) is 0 Å². The first-order chi connectivity index (χ1) is 6.18. The number of halogens is 1. The second-order valence-electron chi connectivity index (χ2n) is 2.44. The number of rotatable bonds is 3. The van der Waals surface area contributed by atoms with E-state index in [2.05, 4.69) is 27.9 Å². The molecule has 0 aliphatic rings. The van der Waals surface area contributed by atoms with Gasteiger partial charge in [-0.25, -0.2) is 0 Å². The first-order valence-corrected chi connectivity index (χ1v) is 4.79. The van der Waals surface area contributed by atoms with Gasteiger partial charge in [0, 0.05) is 11.8 Å². The third-order valence-corrected chi connectivity index (χ3v) is 1.90. The van der Waals surface area contributed by atoms with Gasteiger partial charge in [0.25, 0.3) is 0 Å². The highest BCUT2D eigenvalue weighted by molar-refractivity contribution is 14.1. The van der Waals surface area contributed by atoms with Gasteiger partial charge in [-0.1, -0.05) is 18.2 Å². The molecule has 0 aromatic heterocycles. The number of nitrogens with two attached hydrogens (primary N) is 1. The number of anilines is 1. The summed E-state index contributed by atoms with van der Waals surface area (Å²) in [5.74, 6) is 0.0489. The number of hydrogen-bond donors (Lipinski definition) is 3. The number of amidine groups is 1. The van der Waals surface area contributed by atoms with Gasteiger partial charge in [-0.15, -0.1) is 0 Å². The number of benzene rings is 1.